The second-order valence-corrected chi connectivity index (χ2v) is 4.24. The number of carbonyl (C=O) groups is 1. The molecule has 0 bridgehead atoms. The summed E-state index contributed by atoms with van der Waals surface area (Å²) in [6.45, 7) is 5.23. The van der Waals surface area contributed by atoms with Crippen LogP contribution in [-0.4, -0.2) is 38.0 Å². The molecule has 1 fully saturated rings. The molecule has 16 heavy (non-hydrogen) atoms. The first-order valence-electron chi connectivity index (χ1n) is 5.91. The van der Waals surface area contributed by atoms with E-state index < -0.39 is 0 Å². The van der Waals surface area contributed by atoms with Gasteiger partial charge >= 0.3 is 0 Å². The van der Waals surface area contributed by atoms with Crippen LogP contribution in [0.25, 0.3) is 0 Å². The van der Waals surface area contributed by atoms with E-state index in [9.17, 15) is 4.79 Å². The van der Waals surface area contributed by atoms with Crippen molar-refractivity contribution in [2.75, 3.05) is 20.1 Å². The predicted molar refractivity (Wildman–Crippen MR) is 65.4 cm³/mol. The van der Waals surface area contributed by atoms with Crippen LogP contribution in [0.2, 0.25) is 0 Å². The Morgan fingerprint density at radius 2 is 2.12 bits per heavy atom. The molecule has 0 aromatic rings. The van der Waals surface area contributed by atoms with Gasteiger partial charge in [0.15, 0.2) is 5.96 Å². The molecule has 1 amide bonds. The highest BCUT2D eigenvalue weighted by Gasteiger charge is 2.33. The molecule has 0 aromatic heterocycles. The Bertz CT molecular complexity index is 265. The van der Waals surface area contributed by atoms with Crippen LogP contribution in [0.1, 0.15) is 26.7 Å². The minimum absolute atomic E-state index is 0.00801. The van der Waals surface area contributed by atoms with Crippen molar-refractivity contribution in [2.24, 2.45) is 10.9 Å². The van der Waals surface area contributed by atoms with E-state index in [-0.39, 0.29) is 12.5 Å². The second kappa shape index (κ2) is 6.35. The molecule has 5 heteroatoms. The minimum atomic E-state index is 0.00801. The van der Waals surface area contributed by atoms with Gasteiger partial charge in [-0.2, -0.15) is 0 Å². The van der Waals surface area contributed by atoms with Crippen LogP contribution >= 0.6 is 0 Å². The van der Waals surface area contributed by atoms with Crippen LogP contribution in [-0.2, 0) is 4.79 Å². The largest absolute Gasteiger partial charge is 0.355 e. The molecule has 0 spiro atoms. The molecule has 0 saturated heterocycles. The Hall–Kier alpha value is -1.26. The minimum Gasteiger partial charge on any atom is -0.355 e. The molecule has 2 atom stereocenters. The Balaban J connectivity index is 2.16. The van der Waals surface area contributed by atoms with Crippen molar-refractivity contribution in [3.05, 3.63) is 0 Å². The molecule has 1 aliphatic carbocycles. The number of aliphatic imine (C=N–C) groups is 1. The number of carbonyl (C=O) groups excluding carboxylic acids is 1. The quantitative estimate of drug-likeness (QED) is 0.460. The molecule has 3 N–H and O–H groups in total. The topological polar surface area (TPSA) is 65.5 Å². The maximum absolute atomic E-state index is 11.3. The second-order valence-electron chi connectivity index (χ2n) is 4.24. The lowest BCUT2D eigenvalue weighted by Gasteiger charge is -2.11. The first-order valence-corrected chi connectivity index (χ1v) is 5.91. The number of nitrogens with zero attached hydrogens (tertiary/aromatic N) is 1. The first kappa shape index (κ1) is 12.8. The number of nitrogens with one attached hydrogen (secondary N) is 3. The number of amides is 1. The van der Waals surface area contributed by atoms with Gasteiger partial charge in [0.25, 0.3) is 0 Å². The molecule has 92 valence electrons. The van der Waals surface area contributed by atoms with Crippen LogP contribution in [0.5, 0.6) is 0 Å². The van der Waals surface area contributed by atoms with E-state index in [1.165, 1.54) is 6.42 Å². The maximum Gasteiger partial charge on any atom is 0.239 e. The van der Waals surface area contributed by atoms with Crippen LogP contribution in [0.15, 0.2) is 4.99 Å². The average molecular weight is 226 g/mol. The summed E-state index contributed by atoms with van der Waals surface area (Å²) in [6.07, 6.45) is 2.14. The first-order chi connectivity index (χ1) is 7.67. The molecule has 0 aromatic carbocycles. The van der Waals surface area contributed by atoms with Crippen LogP contribution in [0.3, 0.4) is 0 Å². The van der Waals surface area contributed by atoms with Gasteiger partial charge in [0.1, 0.15) is 0 Å². The summed E-state index contributed by atoms with van der Waals surface area (Å²) in [5, 5.41) is 9.06. The average Bonchev–Trinajstić information content (AvgIpc) is 2.97. The number of hydrogen-bond donors (Lipinski definition) is 3. The molecular formula is C11H22N4O. The monoisotopic (exact) mass is 226 g/mol. The smallest absolute Gasteiger partial charge is 0.239 e. The van der Waals surface area contributed by atoms with E-state index in [0.717, 1.165) is 13.0 Å². The van der Waals surface area contributed by atoms with Gasteiger partial charge in [-0.25, -0.2) is 0 Å². The van der Waals surface area contributed by atoms with Gasteiger partial charge in [0.05, 0.1) is 6.54 Å². The lowest BCUT2D eigenvalue weighted by Crippen LogP contribution is -2.44. The molecule has 0 heterocycles. The zero-order chi connectivity index (χ0) is 12.0. The van der Waals surface area contributed by atoms with Gasteiger partial charge in [-0.3, -0.25) is 9.79 Å². The van der Waals surface area contributed by atoms with Crippen molar-refractivity contribution in [1.29, 1.82) is 0 Å². The van der Waals surface area contributed by atoms with Gasteiger partial charge in [-0.1, -0.05) is 13.8 Å². The Kier molecular flexibility index (Phi) is 5.08. The summed E-state index contributed by atoms with van der Waals surface area (Å²) in [7, 11) is 1.71. The van der Waals surface area contributed by atoms with Crippen molar-refractivity contribution in [1.82, 2.24) is 16.0 Å². The fourth-order valence-corrected chi connectivity index (χ4v) is 1.38. The molecule has 1 rings (SSSR count). The van der Waals surface area contributed by atoms with Crippen molar-refractivity contribution in [3.63, 3.8) is 0 Å². The van der Waals surface area contributed by atoms with E-state index in [2.05, 4.69) is 27.9 Å². The maximum atomic E-state index is 11.3. The summed E-state index contributed by atoms with van der Waals surface area (Å²) in [6, 6.07) is 0.518. The Morgan fingerprint density at radius 1 is 1.44 bits per heavy atom. The highest BCUT2D eigenvalue weighted by atomic mass is 16.1. The number of guanidine groups is 1. The highest BCUT2D eigenvalue weighted by Crippen LogP contribution is 2.28. The van der Waals surface area contributed by atoms with Crippen molar-refractivity contribution >= 4 is 11.9 Å². The summed E-state index contributed by atoms with van der Waals surface area (Å²) >= 11 is 0. The molecule has 0 aliphatic heterocycles. The van der Waals surface area contributed by atoms with Crippen molar-refractivity contribution in [3.8, 4) is 0 Å². The van der Waals surface area contributed by atoms with Gasteiger partial charge in [-0.05, 0) is 18.8 Å². The summed E-state index contributed by atoms with van der Waals surface area (Å²) < 4.78 is 0. The third-order valence-corrected chi connectivity index (χ3v) is 2.64. The van der Waals surface area contributed by atoms with Crippen LogP contribution < -0.4 is 16.0 Å². The highest BCUT2D eigenvalue weighted by molar-refractivity contribution is 5.86. The van der Waals surface area contributed by atoms with Gasteiger partial charge in [0.2, 0.25) is 5.91 Å². The molecule has 0 radical (unpaired) electrons. The standard InChI is InChI=1S/C11H22N4O/c1-4-5-13-10(16)7-14-11(12-3)15-9-6-8(9)2/h8-9H,4-7H2,1-3H3,(H,13,16)(H2,12,14,15). The van der Waals surface area contributed by atoms with E-state index in [1.54, 1.807) is 7.05 Å². The zero-order valence-electron chi connectivity index (χ0n) is 10.3. The molecule has 2 unspecified atom stereocenters. The molecule has 1 saturated carbocycles. The third kappa shape index (κ3) is 4.51. The van der Waals surface area contributed by atoms with Crippen LogP contribution in [0.4, 0.5) is 0 Å². The SMILES string of the molecule is CCCNC(=O)CNC(=NC)NC1CC1C. The lowest BCUT2D eigenvalue weighted by atomic mass is 10.4. The summed E-state index contributed by atoms with van der Waals surface area (Å²) in [4.78, 5) is 15.4. The fourth-order valence-electron chi connectivity index (χ4n) is 1.38. The number of rotatable bonds is 5. The van der Waals surface area contributed by atoms with Crippen LogP contribution in [0, 0.1) is 5.92 Å². The van der Waals surface area contributed by atoms with Gasteiger partial charge < -0.3 is 16.0 Å². The van der Waals surface area contributed by atoms with E-state index in [0.29, 0.717) is 17.9 Å². The Labute approximate surface area is 97.1 Å². The van der Waals surface area contributed by atoms with Crippen molar-refractivity contribution < 1.29 is 4.79 Å². The van der Waals surface area contributed by atoms with Crippen molar-refractivity contribution in [2.45, 2.75) is 32.7 Å². The van der Waals surface area contributed by atoms with E-state index in [1.807, 2.05) is 6.92 Å². The van der Waals surface area contributed by atoms with Gasteiger partial charge in [-0.15, -0.1) is 0 Å². The molecule has 5 nitrogen and oxygen atoms in total. The fraction of sp³-hybridized carbons (Fsp3) is 0.818. The number of hydrogen-bond acceptors (Lipinski definition) is 2. The summed E-state index contributed by atoms with van der Waals surface area (Å²) in [5.74, 6) is 1.43. The normalized spacial score (nSPS) is 23.8. The van der Waals surface area contributed by atoms with E-state index in [4.69, 9.17) is 0 Å². The van der Waals surface area contributed by atoms with Gasteiger partial charge in [0, 0.05) is 19.6 Å². The summed E-state index contributed by atoms with van der Waals surface area (Å²) in [5.41, 5.74) is 0. The Morgan fingerprint density at radius 3 is 2.62 bits per heavy atom. The zero-order valence-corrected chi connectivity index (χ0v) is 10.3. The third-order valence-electron chi connectivity index (χ3n) is 2.64. The molecule has 1 aliphatic rings. The lowest BCUT2D eigenvalue weighted by molar-refractivity contribution is -0.120. The van der Waals surface area contributed by atoms with E-state index >= 15 is 0 Å². The predicted octanol–water partition coefficient (Wildman–Crippen LogP) is 0.0860. The molecular weight excluding hydrogens is 204 g/mol.